The highest BCUT2D eigenvalue weighted by Gasteiger charge is 2.52. The minimum Gasteiger partial charge on any atom is -0.508 e. The van der Waals surface area contributed by atoms with Crippen molar-refractivity contribution < 1.29 is 28.5 Å². The summed E-state index contributed by atoms with van der Waals surface area (Å²) < 4.78 is 30.8. The third kappa shape index (κ3) is 12.6. The number of benzene rings is 2. The number of rotatable bonds is 8. The number of halogens is 1. The van der Waals surface area contributed by atoms with Crippen molar-refractivity contribution in [3.05, 3.63) is 48.5 Å². The summed E-state index contributed by atoms with van der Waals surface area (Å²) in [7, 11) is 6.34. The molecule has 0 saturated carbocycles. The van der Waals surface area contributed by atoms with Crippen molar-refractivity contribution in [1.29, 1.82) is 0 Å². The number of hydrogen-bond donors (Lipinski definition) is 1. The summed E-state index contributed by atoms with van der Waals surface area (Å²) in [5, 5.41) is 9.22. The zero-order valence-electron chi connectivity index (χ0n) is 28.0. The van der Waals surface area contributed by atoms with Crippen molar-refractivity contribution in [3.63, 3.8) is 0 Å². The van der Waals surface area contributed by atoms with Gasteiger partial charge in [0.1, 0.15) is 11.5 Å². The first-order valence-corrected chi connectivity index (χ1v) is 16.7. The number of alkyl halides is 1. The lowest BCUT2D eigenvalue weighted by molar-refractivity contribution is 0.00578. The zero-order chi connectivity index (χ0) is 33.6. The topological polar surface area (TPSA) is 66.4 Å². The minimum atomic E-state index is -0.356. The Morgan fingerprint density at radius 1 is 0.727 bits per heavy atom. The van der Waals surface area contributed by atoms with Gasteiger partial charge >= 0.3 is 14.2 Å². The Bertz CT molecular complexity index is 1030. The Morgan fingerprint density at radius 2 is 1.07 bits per heavy atom. The molecule has 44 heavy (non-hydrogen) atoms. The van der Waals surface area contributed by atoms with Crippen LogP contribution in [0.2, 0.25) is 0 Å². The molecule has 3 radical (unpaired) electrons. The van der Waals surface area contributed by atoms with E-state index >= 15 is 0 Å². The molecule has 0 spiro atoms. The van der Waals surface area contributed by atoms with Gasteiger partial charge in [0.2, 0.25) is 0 Å². The van der Waals surface area contributed by atoms with E-state index in [9.17, 15) is 5.11 Å². The normalized spacial score (nSPS) is 18.5. The van der Waals surface area contributed by atoms with Crippen LogP contribution in [0.1, 0.15) is 94.9 Å². The Hall–Kier alpha value is -1.07. The summed E-state index contributed by atoms with van der Waals surface area (Å²) in [6.07, 6.45) is 4.94. The highest BCUT2D eigenvalue weighted by atomic mass is 127. The number of phenols is 1. The van der Waals surface area contributed by atoms with Crippen LogP contribution < -0.4 is 15.7 Å². The summed E-state index contributed by atoms with van der Waals surface area (Å²) in [6.45, 7) is 21.5. The van der Waals surface area contributed by atoms with E-state index in [1.54, 1.807) is 19.2 Å². The quantitative estimate of drug-likeness (QED) is 0.177. The molecule has 0 aromatic heterocycles. The molecule has 2 saturated heterocycles. The van der Waals surface area contributed by atoms with Gasteiger partial charge in [0.05, 0.1) is 29.0 Å². The molecule has 2 heterocycles. The maximum absolute atomic E-state index is 9.22. The monoisotopic (exact) mass is 716 g/mol. The molecule has 0 aliphatic carbocycles. The van der Waals surface area contributed by atoms with Crippen molar-refractivity contribution >= 4 is 70.3 Å². The van der Waals surface area contributed by atoms with Crippen LogP contribution in [-0.2, 0) is 18.6 Å². The highest BCUT2D eigenvalue weighted by molar-refractivity contribution is 14.1. The first-order chi connectivity index (χ1) is 20.5. The molecule has 241 valence electrons. The van der Waals surface area contributed by atoms with Gasteiger partial charge in [-0.15, -0.1) is 0 Å². The second-order valence-corrected chi connectivity index (χ2v) is 13.7. The van der Waals surface area contributed by atoms with Gasteiger partial charge in [0.25, 0.3) is 0 Å². The van der Waals surface area contributed by atoms with Crippen molar-refractivity contribution in [2.75, 3.05) is 11.0 Å². The van der Waals surface area contributed by atoms with Gasteiger partial charge in [0.15, 0.2) is 0 Å². The highest BCUT2D eigenvalue weighted by Crippen LogP contribution is 2.37. The summed E-state index contributed by atoms with van der Waals surface area (Å²) in [5.74, 6) is 1.15. The van der Waals surface area contributed by atoms with Gasteiger partial charge in [-0.3, -0.25) is 0 Å². The van der Waals surface area contributed by atoms with E-state index in [0.717, 1.165) is 36.1 Å². The predicted molar refractivity (Wildman–Crippen MR) is 202 cm³/mol. The van der Waals surface area contributed by atoms with Crippen molar-refractivity contribution in [2.45, 2.75) is 117 Å². The largest absolute Gasteiger partial charge is 0.508 e. The van der Waals surface area contributed by atoms with Crippen LogP contribution in [0, 0.1) is 0 Å². The molecule has 2 aromatic rings. The van der Waals surface area contributed by atoms with Crippen molar-refractivity contribution in [2.24, 2.45) is 0 Å². The fourth-order valence-electron chi connectivity index (χ4n) is 3.78. The number of phenolic OH excluding ortho intramolecular Hbond substituents is 1. The lowest BCUT2D eigenvalue weighted by atomic mass is 9.40. The molecule has 2 aliphatic rings. The second-order valence-electron chi connectivity index (χ2n) is 12.6. The Morgan fingerprint density at radius 3 is 1.36 bits per heavy atom. The molecular weight excluding hydrogens is 661 g/mol. The van der Waals surface area contributed by atoms with E-state index in [0.29, 0.717) is 7.74 Å². The van der Waals surface area contributed by atoms with Crippen LogP contribution in [0.3, 0.4) is 0 Å². The lowest BCUT2D eigenvalue weighted by Crippen LogP contribution is -2.41. The average Bonchev–Trinajstić information content (AvgIpc) is 3.30. The molecule has 4 rings (SSSR count). The number of hydrogen-bond acceptors (Lipinski definition) is 6. The third-order valence-electron chi connectivity index (χ3n) is 8.08. The predicted octanol–water partition coefficient (Wildman–Crippen LogP) is 5.13. The summed E-state index contributed by atoms with van der Waals surface area (Å²) >= 11 is 2.39. The molecule has 0 atom stereocenters. The average molecular weight is 716 g/mol. The van der Waals surface area contributed by atoms with Crippen molar-refractivity contribution in [3.8, 4) is 11.5 Å². The number of ether oxygens (including phenoxy) is 1. The number of unbranched alkanes of at least 4 members (excludes halogenated alkanes) is 2. The molecule has 0 amide bonds. The molecule has 6 nitrogen and oxygen atoms in total. The fraction of sp³-hybridized carbons (Fsp3) is 0.625. The van der Waals surface area contributed by atoms with Crippen molar-refractivity contribution in [1.82, 2.24) is 0 Å². The first kappa shape index (κ1) is 41.0. The lowest BCUT2D eigenvalue weighted by Gasteiger charge is -2.32. The zero-order valence-corrected chi connectivity index (χ0v) is 30.2. The maximum Gasteiger partial charge on any atom is 0.494 e. The van der Waals surface area contributed by atoms with E-state index in [4.69, 9.17) is 31.1 Å². The van der Waals surface area contributed by atoms with Gasteiger partial charge in [-0.05, 0) is 116 Å². The molecule has 1 N–H and O–H groups in total. The maximum atomic E-state index is 9.22. The smallest absolute Gasteiger partial charge is 0.494 e. The molecular formula is C32H54B5IO6-. The van der Waals surface area contributed by atoms with Crippen LogP contribution in [-0.4, -0.2) is 75.3 Å². The molecule has 0 unspecified atom stereocenters. The van der Waals surface area contributed by atoms with Crippen LogP contribution in [0.4, 0.5) is 0 Å². The van der Waals surface area contributed by atoms with Crippen LogP contribution in [0.15, 0.2) is 48.5 Å². The van der Waals surface area contributed by atoms with Gasteiger partial charge in [-0.2, -0.15) is 7.06 Å². The van der Waals surface area contributed by atoms with Crippen LogP contribution in [0.5, 0.6) is 11.5 Å². The second kappa shape index (κ2) is 18.9. The number of aromatic hydroxyl groups is 1. The van der Waals surface area contributed by atoms with Crippen LogP contribution in [0.25, 0.3) is 0 Å². The molecule has 2 aliphatic heterocycles. The standard InChI is InChI=1S/C16H25BO3.C12H17BO3.C4H9I.B3H3/c1-6-7-12-18-14-10-8-13(9-11-14)17-19-15(2,3)16(4,5)20-17;1-11(2)12(3,4)16-13(15-11)9-5-7-10(14)8-6-9;1-2-3-4-5;1-3-2/h8-11H,6-7,12H2,1-5H3;5-8,14H,1-4H3;2-4H2,1H3;1H3/q;;;-1. The first-order valence-electron chi connectivity index (χ1n) is 15.2. The van der Waals surface area contributed by atoms with Gasteiger partial charge in [0, 0.05) is 0 Å². The van der Waals surface area contributed by atoms with E-state index in [2.05, 4.69) is 64.1 Å². The van der Waals surface area contributed by atoms with E-state index in [1.807, 2.05) is 64.1 Å². The molecule has 0 bridgehead atoms. The van der Waals surface area contributed by atoms with E-state index < -0.39 is 0 Å². The molecule has 2 fully saturated rings. The SMILES string of the molecule is CC1(C)OB(c2ccc(O)cc2)OC1(C)C.CCCCI.CCCCOc1ccc(B2OC(C)(C)C(C)(C)O2)cc1.[B][B][BH3-]. The van der Waals surface area contributed by atoms with Gasteiger partial charge in [-0.25, -0.2) is 0 Å². The minimum absolute atomic E-state index is 0.250. The van der Waals surface area contributed by atoms with E-state index in [-0.39, 0.29) is 42.4 Å². The summed E-state index contributed by atoms with van der Waals surface area (Å²) in [5.41, 5.74) is 0.718. The summed E-state index contributed by atoms with van der Waals surface area (Å²) in [6, 6.07) is 14.9. The fourth-order valence-corrected chi connectivity index (χ4v) is 4.54. The third-order valence-corrected chi connectivity index (χ3v) is 8.84. The molecule has 12 heteroatoms. The molecule has 2 aromatic carbocycles. The summed E-state index contributed by atoms with van der Waals surface area (Å²) in [4.78, 5) is 0. The van der Waals surface area contributed by atoms with E-state index in [1.165, 1.54) is 17.3 Å². The Balaban J connectivity index is 0.000000359. The van der Waals surface area contributed by atoms with Crippen LogP contribution >= 0.6 is 22.6 Å². The Labute approximate surface area is 285 Å². The van der Waals surface area contributed by atoms with Gasteiger partial charge in [-0.1, -0.05) is 81.3 Å². The Kier molecular flexibility index (Phi) is 17.6. The van der Waals surface area contributed by atoms with Gasteiger partial charge < -0.3 is 28.5 Å².